The van der Waals surface area contributed by atoms with Gasteiger partial charge >= 0.3 is 0 Å². The number of hydrogen-bond acceptors (Lipinski definition) is 2. The Morgan fingerprint density at radius 3 is 2.38 bits per heavy atom. The number of aryl methyl sites for hydroxylation is 2. The minimum atomic E-state index is -0.278. The molecule has 4 heteroatoms. The Balaban J connectivity index is 2.11. The average molecular weight is 346 g/mol. The van der Waals surface area contributed by atoms with Crippen LogP contribution in [0.4, 0.5) is 4.39 Å². The van der Waals surface area contributed by atoms with E-state index in [1.807, 2.05) is 54.9 Å². The van der Waals surface area contributed by atoms with Crippen molar-refractivity contribution in [3.05, 3.63) is 78.0 Å². The highest BCUT2D eigenvalue weighted by molar-refractivity contribution is 6.02. The third kappa shape index (κ3) is 2.54. The van der Waals surface area contributed by atoms with E-state index in [1.54, 1.807) is 12.1 Å². The first-order valence-corrected chi connectivity index (χ1v) is 8.65. The number of pyridine rings is 1. The normalized spacial score (nSPS) is 11.2. The topological polar surface area (TPSA) is 38.0 Å². The van der Waals surface area contributed by atoms with Crippen LogP contribution in [0.15, 0.2) is 60.8 Å². The van der Waals surface area contributed by atoms with Crippen molar-refractivity contribution in [1.82, 2.24) is 9.55 Å². The number of halogens is 1. The Kier molecular flexibility index (Phi) is 3.96. The standard InChI is InChI=1S/C22H19FN2O/c1-3-19-22(26)20-18(15-7-5-4-6-8-15)13-25(21(20)14(2)24-19)17-11-9-16(23)10-12-17/h4-13,26H,3H2,1-2H3. The molecular weight excluding hydrogens is 327 g/mol. The van der Waals surface area contributed by atoms with Crippen molar-refractivity contribution in [2.24, 2.45) is 0 Å². The second kappa shape index (κ2) is 6.30. The van der Waals surface area contributed by atoms with E-state index in [0.717, 1.165) is 33.4 Å². The fraction of sp³-hybridized carbons (Fsp3) is 0.136. The molecular formula is C22H19FN2O. The van der Waals surface area contributed by atoms with Gasteiger partial charge in [0, 0.05) is 17.4 Å². The van der Waals surface area contributed by atoms with Crippen molar-refractivity contribution in [3.63, 3.8) is 0 Å². The van der Waals surface area contributed by atoms with Gasteiger partial charge < -0.3 is 9.67 Å². The summed E-state index contributed by atoms with van der Waals surface area (Å²) in [6.07, 6.45) is 2.64. The molecule has 0 spiro atoms. The Hall–Kier alpha value is -3.14. The van der Waals surface area contributed by atoms with Gasteiger partial charge in [-0.05, 0) is 43.2 Å². The monoisotopic (exact) mass is 346 g/mol. The molecule has 0 amide bonds. The SMILES string of the molecule is CCc1nc(C)c2c(c(-c3ccccc3)cn2-c2ccc(F)cc2)c1O. The van der Waals surface area contributed by atoms with Crippen LogP contribution in [-0.4, -0.2) is 14.7 Å². The van der Waals surface area contributed by atoms with E-state index in [0.29, 0.717) is 12.1 Å². The van der Waals surface area contributed by atoms with Crippen LogP contribution in [0.3, 0.4) is 0 Å². The van der Waals surface area contributed by atoms with Crippen molar-refractivity contribution in [2.45, 2.75) is 20.3 Å². The van der Waals surface area contributed by atoms with Crippen molar-refractivity contribution in [3.8, 4) is 22.6 Å². The van der Waals surface area contributed by atoms with Crippen LogP contribution in [0.25, 0.3) is 27.7 Å². The van der Waals surface area contributed by atoms with E-state index in [4.69, 9.17) is 0 Å². The highest BCUT2D eigenvalue weighted by Gasteiger charge is 2.20. The summed E-state index contributed by atoms with van der Waals surface area (Å²) in [5.41, 5.74) is 5.13. The summed E-state index contributed by atoms with van der Waals surface area (Å²) in [7, 11) is 0. The van der Waals surface area contributed by atoms with E-state index in [9.17, 15) is 9.50 Å². The molecule has 4 aromatic rings. The van der Waals surface area contributed by atoms with E-state index in [-0.39, 0.29) is 11.6 Å². The molecule has 0 aliphatic rings. The summed E-state index contributed by atoms with van der Waals surface area (Å²) in [4.78, 5) is 4.59. The number of benzene rings is 2. The summed E-state index contributed by atoms with van der Waals surface area (Å²) in [6.45, 7) is 3.92. The summed E-state index contributed by atoms with van der Waals surface area (Å²) in [5, 5.41) is 11.7. The molecule has 130 valence electrons. The maximum atomic E-state index is 13.4. The zero-order chi connectivity index (χ0) is 18.3. The summed E-state index contributed by atoms with van der Waals surface area (Å²) in [5.74, 6) is -0.0627. The molecule has 0 atom stereocenters. The number of rotatable bonds is 3. The van der Waals surface area contributed by atoms with Gasteiger partial charge in [0.05, 0.1) is 22.3 Å². The molecule has 2 aromatic carbocycles. The molecule has 4 rings (SSSR count). The molecule has 0 radical (unpaired) electrons. The summed E-state index contributed by atoms with van der Waals surface area (Å²) >= 11 is 0. The Morgan fingerprint density at radius 2 is 1.73 bits per heavy atom. The van der Waals surface area contributed by atoms with Gasteiger partial charge in [0.1, 0.15) is 11.6 Å². The largest absolute Gasteiger partial charge is 0.505 e. The second-order valence-corrected chi connectivity index (χ2v) is 6.32. The number of aromatic hydroxyl groups is 1. The Morgan fingerprint density at radius 1 is 1.04 bits per heavy atom. The average Bonchev–Trinajstić information content (AvgIpc) is 3.07. The van der Waals surface area contributed by atoms with E-state index in [1.165, 1.54) is 12.1 Å². The fourth-order valence-electron chi connectivity index (χ4n) is 3.44. The summed E-state index contributed by atoms with van der Waals surface area (Å²) < 4.78 is 15.3. The molecule has 0 bridgehead atoms. The molecule has 0 aliphatic carbocycles. The predicted molar refractivity (Wildman–Crippen MR) is 102 cm³/mol. The van der Waals surface area contributed by atoms with Crippen molar-refractivity contribution in [1.29, 1.82) is 0 Å². The van der Waals surface area contributed by atoms with E-state index >= 15 is 0 Å². The molecule has 3 nitrogen and oxygen atoms in total. The molecule has 0 aliphatic heterocycles. The Bertz CT molecular complexity index is 1080. The first-order valence-electron chi connectivity index (χ1n) is 8.65. The van der Waals surface area contributed by atoms with Gasteiger partial charge in [-0.1, -0.05) is 37.3 Å². The van der Waals surface area contributed by atoms with Gasteiger partial charge in [-0.3, -0.25) is 4.98 Å². The van der Waals surface area contributed by atoms with Gasteiger partial charge in [-0.15, -0.1) is 0 Å². The molecule has 0 unspecified atom stereocenters. The van der Waals surface area contributed by atoms with Crippen molar-refractivity contribution in [2.75, 3.05) is 0 Å². The molecule has 0 fully saturated rings. The molecule has 0 saturated heterocycles. The highest BCUT2D eigenvalue weighted by Crippen LogP contribution is 2.40. The van der Waals surface area contributed by atoms with Gasteiger partial charge in [-0.25, -0.2) is 4.39 Å². The third-order valence-electron chi connectivity index (χ3n) is 4.69. The van der Waals surface area contributed by atoms with Crippen LogP contribution in [0.2, 0.25) is 0 Å². The first-order chi connectivity index (χ1) is 12.6. The lowest BCUT2D eigenvalue weighted by molar-refractivity contribution is 0.471. The molecule has 1 N–H and O–H groups in total. The van der Waals surface area contributed by atoms with Crippen molar-refractivity contribution >= 4 is 10.9 Å². The Labute approximate surface area is 151 Å². The highest BCUT2D eigenvalue weighted by atomic mass is 19.1. The van der Waals surface area contributed by atoms with Crippen LogP contribution < -0.4 is 0 Å². The minimum absolute atomic E-state index is 0.216. The molecule has 2 aromatic heterocycles. The fourth-order valence-corrected chi connectivity index (χ4v) is 3.44. The minimum Gasteiger partial charge on any atom is -0.505 e. The lowest BCUT2D eigenvalue weighted by atomic mass is 10.0. The number of fused-ring (bicyclic) bond motifs is 1. The lowest BCUT2D eigenvalue weighted by Crippen LogP contribution is -1.98. The maximum absolute atomic E-state index is 13.4. The van der Waals surface area contributed by atoms with Crippen LogP contribution in [0.5, 0.6) is 5.75 Å². The van der Waals surface area contributed by atoms with E-state index in [2.05, 4.69) is 4.98 Å². The van der Waals surface area contributed by atoms with Gasteiger partial charge in [0.25, 0.3) is 0 Å². The smallest absolute Gasteiger partial charge is 0.147 e. The number of aromatic nitrogens is 2. The quantitative estimate of drug-likeness (QED) is 0.539. The zero-order valence-electron chi connectivity index (χ0n) is 14.7. The molecule has 0 saturated carbocycles. The zero-order valence-corrected chi connectivity index (χ0v) is 14.7. The first kappa shape index (κ1) is 16.3. The van der Waals surface area contributed by atoms with E-state index < -0.39 is 0 Å². The second-order valence-electron chi connectivity index (χ2n) is 6.32. The van der Waals surface area contributed by atoms with Gasteiger partial charge in [-0.2, -0.15) is 0 Å². The van der Waals surface area contributed by atoms with Gasteiger partial charge in [0.15, 0.2) is 0 Å². The number of hydrogen-bond donors (Lipinski definition) is 1. The summed E-state index contributed by atoms with van der Waals surface area (Å²) in [6, 6.07) is 16.3. The number of nitrogens with zero attached hydrogens (tertiary/aromatic N) is 2. The van der Waals surface area contributed by atoms with Crippen LogP contribution in [-0.2, 0) is 6.42 Å². The van der Waals surface area contributed by atoms with Crippen molar-refractivity contribution < 1.29 is 9.50 Å². The van der Waals surface area contributed by atoms with Crippen LogP contribution in [0, 0.1) is 12.7 Å². The third-order valence-corrected chi connectivity index (χ3v) is 4.69. The van der Waals surface area contributed by atoms with Gasteiger partial charge in [0.2, 0.25) is 0 Å². The maximum Gasteiger partial charge on any atom is 0.147 e. The van der Waals surface area contributed by atoms with Crippen LogP contribution >= 0.6 is 0 Å². The predicted octanol–water partition coefficient (Wildman–Crippen LogP) is 5.41. The lowest BCUT2D eigenvalue weighted by Gasteiger charge is -2.10. The molecule has 2 heterocycles. The van der Waals surface area contributed by atoms with Crippen LogP contribution in [0.1, 0.15) is 18.3 Å². The molecule has 26 heavy (non-hydrogen) atoms.